The topological polar surface area (TPSA) is 21.3 Å². The molecule has 0 spiro atoms. The third-order valence-corrected chi connectivity index (χ3v) is 3.13. The van der Waals surface area contributed by atoms with Crippen LogP contribution in [0.4, 0.5) is 0 Å². The normalized spacial score (nSPS) is 9.81. The molecule has 108 valence electrons. The highest BCUT2D eigenvalue weighted by atomic mass is 35.5. The Morgan fingerprint density at radius 3 is 2.71 bits per heavy atom. The average molecular weight is 300 g/mol. The van der Waals surface area contributed by atoms with Gasteiger partial charge in [0, 0.05) is 22.7 Å². The Balaban J connectivity index is 1.98. The molecule has 0 saturated heterocycles. The van der Waals surface area contributed by atoms with Gasteiger partial charge in [0.1, 0.15) is 12.4 Å². The molecule has 0 aliphatic carbocycles. The third kappa shape index (κ3) is 5.15. The Bertz CT molecular complexity index is 629. The van der Waals surface area contributed by atoms with Crippen LogP contribution in [0.15, 0.2) is 48.5 Å². The van der Waals surface area contributed by atoms with E-state index in [0.717, 1.165) is 30.0 Å². The zero-order chi connectivity index (χ0) is 14.9. The first-order valence-electron chi connectivity index (χ1n) is 6.95. The lowest BCUT2D eigenvalue weighted by molar-refractivity contribution is 0.365. The van der Waals surface area contributed by atoms with E-state index >= 15 is 0 Å². The van der Waals surface area contributed by atoms with Crippen LogP contribution in [0.1, 0.15) is 18.1 Å². The van der Waals surface area contributed by atoms with Crippen molar-refractivity contribution >= 4 is 11.6 Å². The van der Waals surface area contributed by atoms with Crippen LogP contribution in [0.3, 0.4) is 0 Å². The van der Waals surface area contributed by atoms with Crippen LogP contribution >= 0.6 is 11.6 Å². The fourth-order valence-corrected chi connectivity index (χ4v) is 2.05. The van der Waals surface area contributed by atoms with Crippen molar-refractivity contribution in [3.8, 4) is 17.6 Å². The first-order valence-corrected chi connectivity index (χ1v) is 7.33. The minimum absolute atomic E-state index is 0.357. The molecule has 0 amide bonds. The van der Waals surface area contributed by atoms with Gasteiger partial charge < -0.3 is 10.1 Å². The summed E-state index contributed by atoms with van der Waals surface area (Å²) in [5.74, 6) is 6.92. The van der Waals surface area contributed by atoms with Gasteiger partial charge in [-0.25, -0.2) is 0 Å². The molecule has 2 aromatic rings. The van der Waals surface area contributed by atoms with E-state index in [1.54, 1.807) is 0 Å². The number of ether oxygens (including phenoxy) is 1. The lowest BCUT2D eigenvalue weighted by Crippen LogP contribution is -2.13. The van der Waals surface area contributed by atoms with E-state index in [-0.39, 0.29) is 0 Å². The van der Waals surface area contributed by atoms with Gasteiger partial charge in [-0.3, -0.25) is 0 Å². The largest absolute Gasteiger partial charge is 0.481 e. The summed E-state index contributed by atoms with van der Waals surface area (Å²) in [5, 5.41) is 3.99. The minimum Gasteiger partial charge on any atom is -0.481 e. The maximum Gasteiger partial charge on any atom is 0.149 e. The van der Waals surface area contributed by atoms with Gasteiger partial charge >= 0.3 is 0 Å². The average Bonchev–Trinajstić information content (AvgIpc) is 2.52. The predicted octanol–water partition coefficient (Wildman–Crippen LogP) is 3.88. The molecule has 1 N–H and O–H groups in total. The van der Waals surface area contributed by atoms with Crippen LogP contribution in [0.25, 0.3) is 0 Å². The Morgan fingerprint density at radius 2 is 1.95 bits per heavy atom. The highest BCUT2D eigenvalue weighted by molar-refractivity contribution is 6.30. The van der Waals surface area contributed by atoms with Crippen molar-refractivity contribution in [2.75, 3.05) is 13.2 Å². The fraction of sp³-hybridized carbons (Fsp3) is 0.222. The third-order valence-electron chi connectivity index (χ3n) is 2.89. The molecule has 0 aromatic heterocycles. The summed E-state index contributed by atoms with van der Waals surface area (Å²) in [6, 6.07) is 15.5. The summed E-state index contributed by atoms with van der Waals surface area (Å²) in [6.07, 6.45) is 0. The zero-order valence-corrected chi connectivity index (χ0v) is 12.8. The molecule has 0 saturated carbocycles. The molecule has 0 atom stereocenters. The van der Waals surface area contributed by atoms with Crippen LogP contribution in [-0.4, -0.2) is 13.2 Å². The summed E-state index contributed by atoms with van der Waals surface area (Å²) in [4.78, 5) is 0. The van der Waals surface area contributed by atoms with Crippen molar-refractivity contribution in [1.29, 1.82) is 0 Å². The van der Waals surface area contributed by atoms with Crippen LogP contribution in [0.2, 0.25) is 5.02 Å². The van der Waals surface area contributed by atoms with Gasteiger partial charge in [0.15, 0.2) is 0 Å². The van der Waals surface area contributed by atoms with Crippen molar-refractivity contribution in [1.82, 2.24) is 5.32 Å². The van der Waals surface area contributed by atoms with E-state index in [4.69, 9.17) is 16.3 Å². The van der Waals surface area contributed by atoms with Crippen LogP contribution in [-0.2, 0) is 6.54 Å². The second-order valence-electron chi connectivity index (χ2n) is 4.49. The molecule has 0 heterocycles. The van der Waals surface area contributed by atoms with Gasteiger partial charge in [0.05, 0.1) is 0 Å². The summed E-state index contributed by atoms with van der Waals surface area (Å²) in [5.41, 5.74) is 2.04. The van der Waals surface area contributed by atoms with Gasteiger partial charge in [-0.15, -0.1) is 0 Å². The van der Waals surface area contributed by atoms with Crippen LogP contribution in [0, 0.1) is 11.8 Å². The van der Waals surface area contributed by atoms with Crippen LogP contribution in [0.5, 0.6) is 5.75 Å². The molecule has 0 aliphatic rings. The molecule has 21 heavy (non-hydrogen) atoms. The van der Waals surface area contributed by atoms with Gasteiger partial charge in [0.25, 0.3) is 0 Å². The highest BCUT2D eigenvalue weighted by Crippen LogP contribution is 2.22. The number of benzene rings is 2. The maximum absolute atomic E-state index is 6.03. The van der Waals surface area contributed by atoms with Crippen LogP contribution < -0.4 is 10.1 Å². The SMILES string of the molecule is CCNCc1cc(Cl)ccc1OCC#Cc1ccccc1. The standard InChI is InChI=1S/C18H18ClNO/c1-2-20-14-16-13-17(19)10-11-18(16)21-12-6-9-15-7-4-3-5-8-15/h3-5,7-8,10-11,13,20H,2,12,14H2,1H3. The molecule has 0 radical (unpaired) electrons. The molecule has 0 unspecified atom stereocenters. The molecular weight excluding hydrogens is 282 g/mol. The summed E-state index contributed by atoms with van der Waals surface area (Å²) in [6.45, 7) is 4.06. The molecule has 2 rings (SSSR count). The van der Waals surface area contributed by atoms with Crippen molar-refractivity contribution in [3.63, 3.8) is 0 Å². The summed E-state index contributed by atoms with van der Waals surface area (Å²) in [7, 11) is 0. The number of rotatable bonds is 5. The first kappa shape index (κ1) is 15.4. The Morgan fingerprint density at radius 1 is 1.14 bits per heavy atom. The van der Waals surface area contributed by atoms with Gasteiger partial charge in [0.2, 0.25) is 0 Å². The van der Waals surface area contributed by atoms with Gasteiger partial charge in [-0.1, -0.05) is 48.6 Å². The predicted molar refractivity (Wildman–Crippen MR) is 87.6 cm³/mol. The van der Waals surface area contributed by atoms with E-state index in [1.165, 1.54) is 0 Å². The summed E-state index contributed by atoms with van der Waals surface area (Å²) >= 11 is 6.03. The fourth-order valence-electron chi connectivity index (χ4n) is 1.86. The molecule has 0 bridgehead atoms. The van der Waals surface area contributed by atoms with Crippen molar-refractivity contribution in [2.24, 2.45) is 0 Å². The maximum atomic E-state index is 6.03. The van der Waals surface area contributed by atoms with E-state index in [1.807, 2.05) is 48.5 Å². The quantitative estimate of drug-likeness (QED) is 0.846. The molecular formula is C18H18ClNO. The number of hydrogen-bond acceptors (Lipinski definition) is 2. The number of hydrogen-bond donors (Lipinski definition) is 1. The van der Waals surface area contributed by atoms with Crippen molar-refractivity contribution in [3.05, 3.63) is 64.7 Å². The highest BCUT2D eigenvalue weighted by Gasteiger charge is 2.03. The van der Waals surface area contributed by atoms with Gasteiger partial charge in [-0.2, -0.15) is 0 Å². The smallest absolute Gasteiger partial charge is 0.149 e. The molecule has 0 fully saturated rings. The van der Waals surface area contributed by atoms with E-state index < -0.39 is 0 Å². The lowest BCUT2D eigenvalue weighted by atomic mass is 10.2. The monoisotopic (exact) mass is 299 g/mol. The Hall–Kier alpha value is -1.95. The Kier molecular flexibility index (Phi) is 6.15. The van der Waals surface area contributed by atoms with Gasteiger partial charge in [-0.05, 0) is 36.9 Å². The molecule has 2 nitrogen and oxygen atoms in total. The van der Waals surface area contributed by atoms with Crippen molar-refractivity contribution < 1.29 is 4.74 Å². The molecule has 2 aromatic carbocycles. The van der Waals surface area contributed by atoms with E-state index in [0.29, 0.717) is 11.6 Å². The number of halogens is 1. The minimum atomic E-state index is 0.357. The zero-order valence-electron chi connectivity index (χ0n) is 12.0. The van der Waals surface area contributed by atoms with E-state index in [2.05, 4.69) is 24.1 Å². The second-order valence-corrected chi connectivity index (χ2v) is 4.93. The molecule has 0 aliphatic heterocycles. The molecule has 3 heteroatoms. The van der Waals surface area contributed by atoms with E-state index in [9.17, 15) is 0 Å². The first-order chi connectivity index (χ1) is 10.3. The Labute approximate surface area is 131 Å². The number of nitrogens with one attached hydrogen (secondary N) is 1. The van der Waals surface area contributed by atoms with Crippen molar-refractivity contribution in [2.45, 2.75) is 13.5 Å². The summed E-state index contributed by atoms with van der Waals surface area (Å²) < 4.78 is 5.74. The lowest BCUT2D eigenvalue weighted by Gasteiger charge is -2.10. The second kappa shape index (κ2) is 8.36.